The lowest BCUT2D eigenvalue weighted by Crippen LogP contribution is -2.28. The van der Waals surface area contributed by atoms with Crippen molar-refractivity contribution < 1.29 is 4.79 Å². The number of amides is 1. The SMILES string of the molecule is CC(c1cccs1)N1CC(Cl)CC1=O. The van der Waals surface area contributed by atoms with Gasteiger partial charge in [-0.05, 0) is 18.4 Å². The van der Waals surface area contributed by atoms with Gasteiger partial charge >= 0.3 is 0 Å². The first kappa shape index (κ1) is 9.99. The Bertz CT molecular complexity index is 325. The molecule has 4 heteroatoms. The summed E-state index contributed by atoms with van der Waals surface area (Å²) in [6.45, 7) is 2.73. The van der Waals surface area contributed by atoms with Gasteiger partial charge in [0.1, 0.15) is 0 Å². The molecule has 2 rings (SSSR count). The lowest BCUT2D eigenvalue weighted by atomic mass is 10.2. The van der Waals surface area contributed by atoms with E-state index in [4.69, 9.17) is 11.6 Å². The fraction of sp³-hybridized carbons (Fsp3) is 0.500. The number of halogens is 1. The first-order valence-corrected chi connectivity index (χ1v) is 5.97. The minimum absolute atomic E-state index is 0.00934. The molecule has 0 aliphatic carbocycles. The molecule has 0 aromatic carbocycles. The highest BCUT2D eigenvalue weighted by atomic mass is 35.5. The molecule has 2 heterocycles. The molecule has 1 aliphatic heterocycles. The fourth-order valence-corrected chi connectivity index (χ4v) is 2.82. The molecule has 1 aromatic heterocycles. The quantitative estimate of drug-likeness (QED) is 0.714. The number of nitrogens with zero attached hydrogens (tertiary/aromatic N) is 1. The molecule has 14 heavy (non-hydrogen) atoms. The van der Waals surface area contributed by atoms with Crippen LogP contribution < -0.4 is 0 Å². The van der Waals surface area contributed by atoms with Gasteiger partial charge in [-0.1, -0.05) is 6.07 Å². The Hall–Kier alpha value is -0.540. The molecule has 1 aromatic rings. The van der Waals surface area contributed by atoms with E-state index in [2.05, 4.69) is 13.0 Å². The smallest absolute Gasteiger partial charge is 0.224 e. The van der Waals surface area contributed by atoms with E-state index in [9.17, 15) is 4.79 Å². The largest absolute Gasteiger partial charge is 0.334 e. The van der Waals surface area contributed by atoms with Crippen LogP contribution in [0.5, 0.6) is 0 Å². The Labute approximate surface area is 92.5 Å². The van der Waals surface area contributed by atoms with Crippen LogP contribution in [-0.2, 0) is 4.79 Å². The molecule has 0 spiro atoms. The van der Waals surface area contributed by atoms with E-state index in [1.54, 1.807) is 11.3 Å². The number of alkyl halides is 1. The fourth-order valence-electron chi connectivity index (χ4n) is 1.74. The van der Waals surface area contributed by atoms with E-state index in [0.29, 0.717) is 13.0 Å². The summed E-state index contributed by atoms with van der Waals surface area (Å²) in [4.78, 5) is 14.7. The third kappa shape index (κ3) is 1.79. The van der Waals surface area contributed by atoms with E-state index in [-0.39, 0.29) is 17.3 Å². The summed E-state index contributed by atoms with van der Waals surface area (Å²) >= 11 is 7.63. The predicted octanol–water partition coefficient (Wildman–Crippen LogP) is 2.65. The van der Waals surface area contributed by atoms with Crippen molar-refractivity contribution in [2.75, 3.05) is 6.54 Å². The van der Waals surface area contributed by atoms with Crippen molar-refractivity contribution in [3.63, 3.8) is 0 Å². The van der Waals surface area contributed by atoms with E-state index in [1.807, 2.05) is 16.3 Å². The van der Waals surface area contributed by atoms with Gasteiger partial charge in [-0.25, -0.2) is 0 Å². The lowest BCUT2D eigenvalue weighted by Gasteiger charge is -2.23. The third-order valence-corrected chi connectivity index (χ3v) is 3.87. The molecular weight excluding hydrogens is 218 g/mol. The summed E-state index contributed by atoms with van der Waals surface area (Å²) < 4.78 is 0. The molecule has 2 atom stereocenters. The molecular formula is C10H12ClNOS. The van der Waals surface area contributed by atoms with Crippen molar-refractivity contribution in [2.24, 2.45) is 0 Å². The first-order valence-electron chi connectivity index (χ1n) is 4.65. The Morgan fingerprint density at radius 3 is 3.00 bits per heavy atom. The van der Waals surface area contributed by atoms with Crippen LogP contribution in [0, 0.1) is 0 Å². The minimum Gasteiger partial charge on any atom is -0.334 e. The number of hydrogen-bond acceptors (Lipinski definition) is 2. The van der Waals surface area contributed by atoms with Gasteiger partial charge in [0, 0.05) is 17.8 Å². The maximum Gasteiger partial charge on any atom is 0.224 e. The van der Waals surface area contributed by atoms with Gasteiger partial charge in [0.2, 0.25) is 5.91 Å². The Morgan fingerprint density at radius 2 is 2.50 bits per heavy atom. The molecule has 0 saturated carbocycles. The predicted molar refractivity (Wildman–Crippen MR) is 58.7 cm³/mol. The van der Waals surface area contributed by atoms with Crippen molar-refractivity contribution in [3.05, 3.63) is 22.4 Å². The lowest BCUT2D eigenvalue weighted by molar-refractivity contribution is -0.129. The van der Waals surface area contributed by atoms with Crippen LogP contribution in [0.15, 0.2) is 17.5 Å². The number of likely N-dealkylation sites (tertiary alicyclic amines) is 1. The van der Waals surface area contributed by atoms with Gasteiger partial charge in [-0.15, -0.1) is 22.9 Å². The molecule has 2 unspecified atom stereocenters. The van der Waals surface area contributed by atoms with Crippen molar-refractivity contribution in [1.29, 1.82) is 0 Å². The number of rotatable bonds is 2. The molecule has 0 radical (unpaired) electrons. The van der Waals surface area contributed by atoms with Gasteiger partial charge in [-0.2, -0.15) is 0 Å². The highest BCUT2D eigenvalue weighted by molar-refractivity contribution is 7.10. The second kappa shape index (κ2) is 3.91. The second-order valence-corrected chi connectivity index (χ2v) is 5.14. The van der Waals surface area contributed by atoms with E-state index in [0.717, 1.165) is 0 Å². The van der Waals surface area contributed by atoms with E-state index < -0.39 is 0 Å². The summed E-state index contributed by atoms with van der Waals surface area (Å²) in [6, 6.07) is 4.24. The van der Waals surface area contributed by atoms with Gasteiger partial charge in [0.25, 0.3) is 0 Å². The Kier molecular flexibility index (Phi) is 2.79. The summed E-state index contributed by atoms with van der Waals surface area (Å²) in [5, 5.41) is 2.02. The number of thiophene rings is 1. The molecule has 1 aliphatic rings. The van der Waals surface area contributed by atoms with Crippen molar-refractivity contribution in [1.82, 2.24) is 4.90 Å². The maximum atomic E-state index is 11.6. The zero-order valence-corrected chi connectivity index (χ0v) is 9.52. The van der Waals surface area contributed by atoms with Gasteiger partial charge < -0.3 is 4.90 Å². The van der Waals surface area contributed by atoms with Gasteiger partial charge in [0.15, 0.2) is 0 Å². The second-order valence-electron chi connectivity index (χ2n) is 3.54. The van der Waals surface area contributed by atoms with Crippen LogP contribution in [0.2, 0.25) is 0 Å². The third-order valence-electron chi connectivity index (χ3n) is 2.53. The number of carbonyl (C=O) groups is 1. The maximum absolute atomic E-state index is 11.6. The Balaban J connectivity index is 2.12. The van der Waals surface area contributed by atoms with Crippen LogP contribution in [0.1, 0.15) is 24.3 Å². The van der Waals surface area contributed by atoms with E-state index >= 15 is 0 Å². The number of hydrogen-bond donors (Lipinski definition) is 0. The van der Waals surface area contributed by atoms with Crippen LogP contribution in [-0.4, -0.2) is 22.7 Å². The van der Waals surface area contributed by atoms with Gasteiger partial charge in [0.05, 0.1) is 11.4 Å². The summed E-state index contributed by atoms with van der Waals surface area (Å²) in [6.07, 6.45) is 0.483. The molecule has 1 fully saturated rings. The normalized spacial score (nSPS) is 24.3. The molecule has 2 nitrogen and oxygen atoms in total. The zero-order chi connectivity index (χ0) is 10.1. The van der Waals surface area contributed by atoms with Crippen LogP contribution in [0.4, 0.5) is 0 Å². The monoisotopic (exact) mass is 229 g/mol. The highest BCUT2D eigenvalue weighted by Crippen LogP contribution is 2.29. The van der Waals surface area contributed by atoms with Crippen LogP contribution in [0.25, 0.3) is 0 Å². The van der Waals surface area contributed by atoms with Crippen molar-refractivity contribution in [3.8, 4) is 0 Å². The molecule has 0 bridgehead atoms. The number of carbonyl (C=O) groups excluding carboxylic acids is 1. The van der Waals surface area contributed by atoms with Crippen molar-refractivity contribution >= 4 is 28.8 Å². The summed E-state index contributed by atoms with van der Waals surface area (Å²) in [7, 11) is 0. The summed E-state index contributed by atoms with van der Waals surface area (Å²) in [5.74, 6) is 0.172. The average molecular weight is 230 g/mol. The topological polar surface area (TPSA) is 20.3 Å². The summed E-state index contributed by atoms with van der Waals surface area (Å²) in [5.41, 5.74) is 0. The molecule has 76 valence electrons. The van der Waals surface area contributed by atoms with Gasteiger partial charge in [-0.3, -0.25) is 4.79 Å². The zero-order valence-electron chi connectivity index (χ0n) is 7.94. The van der Waals surface area contributed by atoms with Crippen LogP contribution in [0.3, 0.4) is 0 Å². The van der Waals surface area contributed by atoms with E-state index in [1.165, 1.54) is 4.88 Å². The Morgan fingerprint density at radius 1 is 1.71 bits per heavy atom. The molecule has 1 saturated heterocycles. The standard InChI is InChI=1S/C10H12ClNOS/c1-7(9-3-2-4-14-9)12-6-8(11)5-10(12)13/h2-4,7-8H,5-6H2,1H3. The first-order chi connectivity index (χ1) is 6.68. The highest BCUT2D eigenvalue weighted by Gasteiger charge is 2.32. The van der Waals surface area contributed by atoms with Crippen molar-refractivity contribution in [2.45, 2.75) is 24.8 Å². The average Bonchev–Trinajstić information content (AvgIpc) is 2.73. The van der Waals surface area contributed by atoms with Crippen LogP contribution >= 0.6 is 22.9 Å². The molecule has 0 N–H and O–H groups in total. The molecule has 1 amide bonds. The minimum atomic E-state index is -0.00934.